The van der Waals surface area contributed by atoms with Crippen molar-refractivity contribution in [3.8, 4) is 22.6 Å². The van der Waals surface area contributed by atoms with E-state index in [0.717, 1.165) is 16.8 Å². The van der Waals surface area contributed by atoms with E-state index >= 15 is 0 Å². The van der Waals surface area contributed by atoms with Gasteiger partial charge >= 0.3 is 6.03 Å². The first-order valence-electron chi connectivity index (χ1n) is 11.4. The maximum Gasteiger partial charge on any atom is 0.330 e. The molecule has 1 aliphatic heterocycles. The van der Waals surface area contributed by atoms with Gasteiger partial charge in [0.05, 0.1) is 0 Å². The summed E-state index contributed by atoms with van der Waals surface area (Å²) in [7, 11) is 0. The molecule has 2 aromatic heterocycles. The minimum Gasteiger partial charge on any atom is -0.366 e. The SMILES string of the molecule is CC(C)n1cnnc1-c1cccc(N2CCN(c3cccc(-c4ccc(C(N)=O)cc4)c3)C2=O)n1. The summed E-state index contributed by atoms with van der Waals surface area (Å²) in [4.78, 5) is 32.9. The highest BCUT2D eigenvalue weighted by molar-refractivity contribution is 6.06. The molecule has 9 heteroatoms. The van der Waals surface area contributed by atoms with Gasteiger partial charge < -0.3 is 10.3 Å². The van der Waals surface area contributed by atoms with Gasteiger partial charge in [0.25, 0.3) is 0 Å². The molecule has 0 radical (unpaired) electrons. The smallest absolute Gasteiger partial charge is 0.330 e. The molecule has 1 aliphatic rings. The second-order valence-electron chi connectivity index (χ2n) is 8.61. The number of rotatable bonds is 6. The molecule has 0 aliphatic carbocycles. The lowest BCUT2D eigenvalue weighted by molar-refractivity contribution is 0.100. The summed E-state index contributed by atoms with van der Waals surface area (Å²) in [6.45, 7) is 5.16. The lowest BCUT2D eigenvalue weighted by atomic mass is 10.0. The number of benzene rings is 2. The predicted molar refractivity (Wildman–Crippen MR) is 134 cm³/mol. The van der Waals surface area contributed by atoms with Gasteiger partial charge in [0.2, 0.25) is 5.91 Å². The monoisotopic (exact) mass is 467 g/mol. The van der Waals surface area contributed by atoms with E-state index in [9.17, 15) is 9.59 Å². The Morgan fingerprint density at radius 2 is 1.69 bits per heavy atom. The summed E-state index contributed by atoms with van der Waals surface area (Å²) in [6.07, 6.45) is 1.69. The molecule has 176 valence electrons. The third-order valence-corrected chi connectivity index (χ3v) is 6.04. The fourth-order valence-corrected chi connectivity index (χ4v) is 4.17. The molecular weight excluding hydrogens is 442 g/mol. The van der Waals surface area contributed by atoms with Crippen LogP contribution in [0.25, 0.3) is 22.6 Å². The molecule has 1 saturated heterocycles. The number of nitrogens with zero attached hydrogens (tertiary/aromatic N) is 6. The summed E-state index contributed by atoms with van der Waals surface area (Å²) in [5.41, 5.74) is 9.14. The summed E-state index contributed by atoms with van der Waals surface area (Å²) in [5.74, 6) is 0.780. The Morgan fingerprint density at radius 3 is 2.43 bits per heavy atom. The Kier molecular flexibility index (Phi) is 5.74. The normalized spacial score (nSPS) is 13.6. The van der Waals surface area contributed by atoms with Gasteiger partial charge in [-0.2, -0.15) is 0 Å². The Balaban J connectivity index is 1.39. The van der Waals surface area contributed by atoms with Crippen molar-refractivity contribution in [3.63, 3.8) is 0 Å². The van der Waals surface area contributed by atoms with E-state index in [-0.39, 0.29) is 12.1 Å². The molecule has 3 amide bonds. The number of aromatic nitrogens is 4. The third-order valence-electron chi connectivity index (χ3n) is 6.04. The van der Waals surface area contributed by atoms with Crippen molar-refractivity contribution in [1.29, 1.82) is 0 Å². The standard InChI is InChI=1S/C26H25N7O2/c1-17(2)33-16-28-30-25(33)22-7-4-8-23(29-22)32-14-13-31(26(32)35)21-6-3-5-20(15-21)18-9-11-19(12-10-18)24(27)34/h3-12,15-17H,13-14H2,1-2H3,(H2,27,34). The quantitative estimate of drug-likeness (QED) is 0.458. The van der Waals surface area contributed by atoms with Gasteiger partial charge in [-0.05, 0) is 61.4 Å². The molecule has 2 N–H and O–H groups in total. The first-order valence-corrected chi connectivity index (χ1v) is 11.4. The number of primary amides is 1. The first kappa shape index (κ1) is 22.3. The number of hydrogen-bond donors (Lipinski definition) is 1. The summed E-state index contributed by atoms with van der Waals surface area (Å²) in [5, 5.41) is 8.24. The molecule has 4 aromatic rings. The lowest BCUT2D eigenvalue weighted by Gasteiger charge is -2.19. The van der Waals surface area contributed by atoms with Crippen LogP contribution in [0.15, 0.2) is 73.1 Å². The van der Waals surface area contributed by atoms with Crippen LogP contribution in [0.5, 0.6) is 0 Å². The van der Waals surface area contributed by atoms with Gasteiger partial charge in [-0.15, -0.1) is 10.2 Å². The van der Waals surface area contributed by atoms with Crippen LogP contribution in [0, 0.1) is 0 Å². The van der Waals surface area contributed by atoms with Crippen molar-refractivity contribution in [1.82, 2.24) is 19.7 Å². The van der Waals surface area contributed by atoms with Gasteiger partial charge in [0.1, 0.15) is 17.8 Å². The summed E-state index contributed by atoms with van der Waals surface area (Å²) >= 11 is 0. The number of amides is 3. The zero-order valence-corrected chi connectivity index (χ0v) is 19.5. The van der Waals surface area contributed by atoms with Gasteiger partial charge in [-0.3, -0.25) is 14.6 Å². The molecule has 1 fully saturated rings. The Labute approximate surface area is 202 Å². The third kappa shape index (κ3) is 4.23. The van der Waals surface area contributed by atoms with E-state index in [0.29, 0.717) is 36.0 Å². The topological polar surface area (TPSA) is 110 Å². The van der Waals surface area contributed by atoms with E-state index in [1.54, 1.807) is 28.3 Å². The van der Waals surface area contributed by atoms with Crippen LogP contribution < -0.4 is 15.5 Å². The average molecular weight is 468 g/mol. The number of carbonyl (C=O) groups is 2. The van der Waals surface area contributed by atoms with Crippen LogP contribution in [0.1, 0.15) is 30.2 Å². The number of urea groups is 1. The Hall–Kier alpha value is -4.53. The largest absolute Gasteiger partial charge is 0.366 e. The highest BCUT2D eigenvalue weighted by Crippen LogP contribution is 2.29. The zero-order valence-electron chi connectivity index (χ0n) is 19.5. The molecule has 3 heterocycles. The van der Waals surface area contributed by atoms with Crippen molar-refractivity contribution < 1.29 is 9.59 Å². The maximum atomic E-state index is 13.4. The van der Waals surface area contributed by atoms with Crippen LogP contribution in [0.3, 0.4) is 0 Å². The molecular formula is C26H25N7O2. The average Bonchev–Trinajstić information content (AvgIpc) is 3.52. The van der Waals surface area contributed by atoms with Crippen LogP contribution >= 0.6 is 0 Å². The molecule has 2 aromatic carbocycles. The number of hydrogen-bond acceptors (Lipinski definition) is 5. The van der Waals surface area contributed by atoms with Crippen LogP contribution in [-0.4, -0.2) is 44.8 Å². The van der Waals surface area contributed by atoms with E-state index in [4.69, 9.17) is 10.7 Å². The molecule has 35 heavy (non-hydrogen) atoms. The second-order valence-corrected chi connectivity index (χ2v) is 8.61. The van der Waals surface area contributed by atoms with Crippen molar-refractivity contribution >= 4 is 23.4 Å². The Morgan fingerprint density at radius 1 is 0.943 bits per heavy atom. The highest BCUT2D eigenvalue weighted by atomic mass is 16.2. The highest BCUT2D eigenvalue weighted by Gasteiger charge is 2.32. The van der Waals surface area contributed by atoms with E-state index in [2.05, 4.69) is 24.0 Å². The second kappa shape index (κ2) is 9.02. The van der Waals surface area contributed by atoms with Crippen molar-refractivity contribution in [2.45, 2.75) is 19.9 Å². The van der Waals surface area contributed by atoms with E-state index in [1.165, 1.54) is 0 Å². The minimum atomic E-state index is -0.463. The first-order chi connectivity index (χ1) is 16.9. The number of nitrogens with two attached hydrogens (primary N) is 1. The molecule has 0 spiro atoms. The lowest BCUT2D eigenvalue weighted by Crippen LogP contribution is -2.32. The zero-order chi connectivity index (χ0) is 24.5. The van der Waals surface area contributed by atoms with Crippen molar-refractivity contribution in [3.05, 3.63) is 78.6 Å². The van der Waals surface area contributed by atoms with Crippen LogP contribution in [0.4, 0.5) is 16.3 Å². The molecule has 0 bridgehead atoms. The molecule has 0 saturated carbocycles. The maximum absolute atomic E-state index is 13.4. The summed E-state index contributed by atoms with van der Waals surface area (Å²) in [6, 6.07) is 20.5. The van der Waals surface area contributed by atoms with Gasteiger partial charge in [0, 0.05) is 30.4 Å². The van der Waals surface area contributed by atoms with Crippen LogP contribution in [0.2, 0.25) is 0 Å². The fraction of sp³-hybridized carbons (Fsp3) is 0.192. The van der Waals surface area contributed by atoms with E-state index in [1.807, 2.05) is 59.2 Å². The number of pyridine rings is 1. The van der Waals surface area contributed by atoms with Gasteiger partial charge in [0.15, 0.2) is 5.82 Å². The fourth-order valence-electron chi connectivity index (χ4n) is 4.17. The molecule has 5 rings (SSSR count). The molecule has 0 unspecified atom stereocenters. The Bertz CT molecular complexity index is 1390. The molecule has 0 atom stereocenters. The van der Waals surface area contributed by atoms with Gasteiger partial charge in [-0.25, -0.2) is 9.78 Å². The van der Waals surface area contributed by atoms with Crippen LogP contribution in [-0.2, 0) is 0 Å². The number of carbonyl (C=O) groups excluding carboxylic acids is 2. The van der Waals surface area contributed by atoms with Crippen molar-refractivity contribution in [2.75, 3.05) is 22.9 Å². The van der Waals surface area contributed by atoms with Crippen molar-refractivity contribution in [2.24, 2.45) is 5.73 Å². The minimum absolute atomic E-state index is 0.138. The molecule has 9 nitrogen and oxygen atoms in total. The van der Waals surface area contributed by atoms with E-state index < -0.39 is 5.91 Å². The number of anilines is 2. The summed E-state index contributed by atoms with van der Waals surface area (Å²) < 4.78 is 1.95. The van der Waals surface area contributed by atoms with Gasteiger partial charge in [-0.1, -0.05) is 30.3 Å². The predicted octanol–water partition coefficient (Wildman–Crippen LogP) is 4.13.